The molecule has 0 aliphatic rings. The number of nitro groups is 1. The Hall–Kier alpha value is -3.11. The minimum atomic E-state index is -0.582. The summed E-state index contributed by atoms with van der Waals surface area (Å²) >= 11 is 7.07. The first-order valence-electron chi connectivity index (χ1n) is 7.54. The van der Waals surface area contributed by atoms with Gasteiger partial charge in [-0.05, 0) is 30.3 Å². The number of benzene rings is 2. The third-order valence-corrected chi connectivity index (χ3v) is 4.53. The topological polar surface area (TPSA) is 130 Å². The number of fused-ring (bicyclic) bond motifs is 1. The van der Waals surface area contributed by atoms with Crippen LogP contribution in [0.3, 0.4) is 0 Å². The molecule has 0 atom stereocenters. The molecule has 1 heterocycles. The van der Waals surface area contributed by atoms with E-state index in [0.29, 0.717) is 10.2 Å². The zero-order chi connectivity index (χ0) is 19.4. The SMILES string of the molecule is O=C(CSc1nc2ccc(Cl)cc2[nH]1)NNC(=O)c1ccc([N+](=O)[O-])cc1. The van der Waals surface area contributed by atoms with Crippen molar-refractivity contribution in [3.63, 3.8) is 0 Å². The first kappa shape index (κ1) is 18.7. The monoisotopic (exact) mass is 405 g/mol. The van der Waals surface area contributed by atoms with E-state index in [2.05, 4.69) is 20.8 Å². The van der Waals surface area contributed by atoms with Crippen LogP contribution in [-0.2, 0) is 4.79 Å². The molecule has 138 valence electrons. The Morgan fingerprint density at radius 3 is 2.63 bits per heavy atom. The fraction of sp³-hybridized carbons (Fsp3) is 0.0625. The van der Waals surface area contributed by atoms with Crippen molar-refractivity contribution in [2.24, 2.45) is 0 Å². The van der Waals surface area contributed by atoms with E-state index in [1.165, 1.54) is 24.3 Å². The van der Waals surface area contributed by atoms with Crippen LogP contribution >= 0.6 is 23.4 Å². The van der Waals surface area contributed by atoms with Gasteiger partial charge in [0.05, 0.1) is 21.7 Å². The van der Waals surface area contributed by atoms with Crippen molar-refractivity contribution in [1.29, 1.82) is 0 Å². The number of amides is 2. The number of hydrazine groups is 1. The highest BCUT2D eigenvalue weighted by atomic mass is 35.5. The third-order valence-electron chi connectivity index (χ3n) is 3.42. The summed E-state index contributed by atoms with van der Waals surface area (Å²) in [6.07, 6.45) is 0. The number of halogens is 1. The second kappa shape index (κ2) is 8.06. The molecular weight excluding hydrogens is 394 g/mol. The summed E-state index contributed by atoms with van der Waals surface area (Å²) in [7, 11) is 0. The quantitative estimate of drug-likeness (QED) is 0.340. The van der Waals surface area contributed by atoms with Gasteiger partial charge in [0.15, 0.2) is 5.16 Å². The number of aromatic amines is 1. The molecule has 0 fully saturated rings. The molecule has 27 heavy (non-hydrogen) atoms. The molecule has 0 aliphatic carbocycles. The summed E-state index contributed by atoms with van der Waals surface area (Å²) in [5.74, 6) is -0.996. The van der Waals surface area contributed by atoms with E-state index >= 15 is 0 Å². The normalized spacial score (nSPS) is 10.6. The Bertz CT molecular complexity index is 1020. The minimum Gasteiger partial charge on any atom is -0.333 e. The molecule has 11 heteroatoms. The number of thioether (sulfide) groups is 1. The van der Waals surface area contributed by atoms with Crippen LogP contribution in [0.25, 0.3) is 11.0 Å². The molecule has 0 radical (unpaired) electrons. The maximum Gasteiger partial charge on any atom is 0.269 e. The van der Waals surface area contributed by atoms with Crippen molar-refractivity contribution in [2.75, 3.05) is 5.75 Å². The Morgan fingerprint density at radius 2 is 1.93 bits per heavy atom. The second-order valence-electron chi connectivity index (χ2n) is 5.30. The van der Waals surface area contributed by atoms with Gasteiger partial charge in [-0.1, -0.05) is 23.4 Å². The Morgan fingerprint density at radius 1 is 1.19 bits per heavy atom. The molecule has 0 saturated heterocycles. The number of non-ortho nitro benzene ring substituents is 1. The summed E-state index contributed by atoms with van der Waals surface area (Å²) in [6.45, 7) is 0. The highest BCUT2D eigenvalue weighted by molar-refractivity contribution is 7.99. The first-order chi connectivity index (χ1) is 12.9. The average Bonchev–Trinajstić information content (AvgIpc) is 3.06. The van der Waals surface area contributed by atoms with E-state index in [1.54, 1.807) is 18.2 Å². The molecule has 2 amide bonds. The summed E-state index contributed by atoms with van der Waals surface area (Å²) in [5.41, 5.74) is 6.07. The predicted molar refractivity (Wildman–Crippen MR) is 101 cm³/mol. The van der Waals surface area contributed by atoms with Gasteiger partial charge in [-0.15, -0.1) is 0 Å². The van der Waals surface area contributed by atoms with E-state index in [4.69, 9.17) is 11.6 Å². The lowest BCUT2D eigenvalue weighted by atomic mass is 10.2. The van der Waals surface area contributed by atoms with Gasteiger partial charge >= 0.3 is 0 Å². The third kappa shape index (κ3) is 4.74. The lowest BCUT2D eigenvalue weighted by Crippen LogP contribution is -2.42. The van der Waals surface area contributed by atoms with Gasteiger partial charge in [-0.3, -0.25) is 30.6 Å². The first-order valence-corrected chi connectivity index (χ1v) is 8.90. The highest BCUT2D eigenvalue weighted by Gasteiger charge is 2.11. The zero-order valence-electron chi connectivity index (χ0n) is 13.6. The van der Waals surface area contributed by atoms with Gasteiger partial charge in [0.25, 0.3) is 11.6 Å². The van der Waals surface area contributed by atoms with Crippen LogP contribution in [0.1, 0.15) is 10.4 Å². The van der Waals surface area contributed by atoms with E-state index in [1.807, 2.05) is 0 Å². The van der Waals surface area contributed by atoms with Crippen LogP contribution in [0.5, 0.6) is 0 Å². The lowest BCUT2D eigenvalue weighted by molar-refractivity contribution is -0.384. The summed E-state index contributed by atoms with van der Waals surface area (Å²) in [4.78, 5) is 41.2. The number of imidazole rings is 1. The van der Waals surface area contributed by atoms with E-state index in [9.17, 15) is 19.7 Å². The number of carbonyl (C=O) groups excluding carboxylic acids is 2. The van der Waals surface area contributed by atoms with Crippen LogP contribution < -0.4 is 10.9 Å². The Balaban J connectivity index is 1.49. The molecule has 0 bridgehead atoms. The standard InChI is InChI=1S/C16H12ClN5O4S/c17-10-3-6-12-13(7-10)19-16(18-12)27-8-14(23)20-21-15(24)9-1-4-11(5-2-9)22(25)26/h1-7H,8H2,(H,18,19)(H,20,23)(H,21,24). The number of nitrogens with one attached hydrogen (secondary N) is 3. The van der Waals surface area contributed by atoms with E-state index in [-0.39, 0.29) is 17.0 Å². The molecule has 1 aromatic heterocycles. The van der Waals surface area contributed by atoms with E-state index in [0.717, 1.165) is 22.8 Å². The van der Waals surface area contributed by atoms with Crippen molar-refractivity contribution in [2.45, 2.75) is 5.16 Å². The number of aromatic nitrogens is 2. The number of nitro benzene ring substituents is 1. The molecule has 3 N–H and O–H groups in total. The van der Waals surface area contributed by atoms with E-state index < -0.39 is 16.7 Å². The van der Waals surface area contributed by atoms with Crippen LogP contribution in [0, 0.1) is 10.1 Å². The number of carbonyl (C=O) groups is 2. The minimum absolute atomic E-state index is 0.0219. The maximum absolute atomic E-state index is 11.9. The van der Waals surface area contributed by atoms with Gasteiger partial charge in [0.1, 0.15) is 0 Å². The molecule has 3 rings (SSSR count). The van der Waals surface area contributed by atoms with Gasteiger partial charge in [-0.2, -0.15) is 0 Å². The smallest absolute Gasteiger partial charge is 0.269 e. The molecule has 0 spiro atoms. The number of nitrogens with zero attached hydrogens (tertiary/aromatic N) is 2. The van der Waals surface area contributed by atoms with Crippen LogP contribution in [0.15, 0.2) is 47.6 Å². The van der Waals surface area contributed by atoms with Crippen molar-refractivity contribution < 1.29 is 14.5 Å². The number of rotatable bonds is 5. The molecule has 0 unspecified atom stereocenters. The second-order valence-corrected chi connectivity index (χ2v) is 6.70. The van der Waals surface area contributed by atoms with Crippen molar-refractivity contribution >= 4 is 51.9 Å². The lowest BCUT2D eigenvalue weighted by Gasteiger charge is -2.06. The fourth-order valence-corrected chi connectivity index (χ4v) is 2.99. The zero-order valence-corrected chi connectivity index (χ0v) is 15.1. The number of hydrogen-bond acceptors (Lipinski definition) is 6. The van der Waals surface area contributed by atoms with Gasteiger partial charge in [0.2, 0.25) is 5.91 Å². The van der Waals surface area contributed by atoms with Gasteiger partial charge in [0, 0.05) is 22.7 Å². The van der Waals surface area contributed by atoms with Crippen LogP contribution in [-0.4, -0.2) is 32.5 Å². The van der Waals surface area contributed by atoms with Crippen LogP contribution in [0.2, 0.25) is 5.02 Å². The number of hydrogen-bond donors (Lipinski definition) is 3. The Labute approximate surface area is 161 Å². The molecule has 0 saturated carbocycles. The maximum atomic E-state index is 11.9. The largest absolute Gasteiger partial charge is 0.333 e. The predicted octanol–water partition coefficient (Wildman–Crippen LogP) is 2.68. The van der Waals surface area contributed by atoms with Crippen molar-refractivity contribution in [1.82, 2.24) is 20.8 Å². The summed E-state index contributed by atoms with van der Waals surface area (Å²) < 4.78 is 0. The van der Waals surface area contributed by atoms with Gasteiger partial charge < -0.3 is 4.98 Å². The highest BCUT2D eigenvalue weighted by Crippen LogP contribution is 2.22. The summed E-state index contributed by atoms with van der Waals surface area (Å²) in [6, 6.07) is 10.2. The molecular formula is C16H12ClN5O4S. The molecule has 2 aromatic carbocycles. The van der Waals surface area contributed by atoms with Gasteiger partial charge in [-0.25, -0.2) is 4.98 Å². The Kier molecular flexibility index (Phi) is 5.57. The number of H-pyrrole nitrogens is 1. The van der Waals surface area contributed by atoms with Crippen LogP contribution in [0.4, 0.5) is 5.69 Å². The van der Waals surface area contributed by atoms with Crippen molar-refractivity contribution in [3.8, 4) is 0 Å². The summed E-state index contributed by atoms with van der Waals surface area (Å²) in [5, 5.41) is 11.7. The van der Waals surface area contributed by atoms with Crippen molar-refractivity contribution in [3.05, 3.63) is 63.2 Å². The fourth-order valence-electron chi connectivity index (χ4n) is 2.13. The molecule has 9 nitrogen and oxygen atoms in total. The molecule has 3 aromatic rings. The molecule has 0 aliphatic heterocycles. The average molecular weight is 406 g/mol.